The van der Waals surface area contributed by atoms with Crippen molar-refractivity contribution in [2.45, 2.75) is 25.7 Å². The molecular formula is C14H16BrN3O. The van der Waals surface area contributed by atoms with Crippen molar-refractivity contribution in [3.63, 3.8) is 0 Å². The first kappa shape index (κ1) is 12.8. The molecule has 1 N–H and O–H groups in total. The highest BCUT2D eigenvalue weighted by molar-refractivity contribution is 9.10. The Kier molecular flexibility index (Phi) is 3.66. The largest absolute Gasteiger partial charge is 0.339 e. The van der Waals surface area contributed by atoms with Gasteiger partial charge in [-0.3, -0.25) is 0 Å². The molecule has 1 aliphatic rings. The minimum Gasteiger partial charge on any atom is -0.339 e. The standard InChI is InChI=1S/C14H16BrN3O/c1-9-7-11(15)4-5-12(9)13-17-14(19-18-13)10-3-2-6-16-8-10/h4-5,7,10,16H,2-3,6,8H2,1H3/t10-/m1/s1. The number of piperidine rings is 1. The van der Waals surface area contributed by atoms with Crippen molar-refractivity contribution in [3.05, 3.63) is 34.1 Å². The molecule has 5 heteroatoms. The van der Waals surface area contributed by atoms with Gasteiger partial charge in [-0.15, -0.1) is 0 Å². The highest BCUT2D eigenvalue weighted by Gasteiger charge is 2.22. The van der Waals surface area contributed by atoms with Gasteiger partial charge in [0.2, 0.25) is 11.7 Å². The number of halogens is 1. The summed E-state index contributed by atoms with van der Waals surface area (Å²) in [6.07, 6.45) is 2.29. The van der Waals surface area contributed by atoms with Crippen LogP contribution in [-0.4, -0.2) is 23.2 Å². The quantitative estimate of drug-likeness (QED) is 0.922. The summed E-state index contributed by atoms with van der Waals surface area (Å²) in [4.78, 5) is 4.56. The number of benzene rings is 1. The van der Waals surface area contributed by atoms with Gasteiger partial charge in [-0.2, -0.15) is 4.98 Å². The number of hydrogen-bond donors (Lipinski definition) is 1. The molecule has 0 saturated carbocycles. The van der Waals surface area contributed by atoms with Crippen molar-refractivity contribution in [3.8, 4) is 11.4 Å². The first-order valence-corrected chi connectivity index (χ1v) is 7.34. The summed E-state index contributed by atoms with van der Waals surface area (Å²) < 4.78 is 6.49. The minimum absolute atomic E-state index is 0.353. The Labute approximate surface area is 120 Å². The van der Waals surface area contributed by atoms with Crippen LogP contribution in [0.1, 0.15) is 30.2 Å². The van der Waals surface area contributed by atoms with Gasteiger partial charge in [-0.25, -0.2) is 0 Å². The van der Waals surface area contributed by atoms with E-state index in [1.807, 2.05) is 12.1 Å². The Hall–Kier alpha value is -1.20. The molecule has 1 aromatic heterocycles. The van der Waals surface area contributed by atoms with Crippen molar-refractivity contribution in [1.82, 2.24) is 15.5 Å². The summed E-state index contributed by atoms with van der Waals surface area (Å²) in [7, 11) is 0. The summed E-state index contributed by atoms with van der Waals surface area (Å²) >= 11 is 3.46. The molecule has 0 spiro atoms. The second-order valence-electron chi connectivity index (χ2n) is 4.96. The lowest BCUT2D eigenvalue weighted by molar-refractivity contribution is 0.322. The van der Waals surface area contributed by atoms with Gasteiger partial charge in [-0.05, 0) is 50.1 Å². The Balaban J connectivity index is 1.87. The fourth-order valence-electron chi connectivity index (χ4n) is 2.45. The summed E-state index contributed by atoms with van der Waals surface area (Å²) in [5, 5.41) is 7.49. The Morgan fingerprint density at radius 3 is 3.05 bits per heavy atom. The van der Waals surface area contributed by atoms with Crippen molar-refractivity contribution in [2.24, 2.45) is 0 Å². The molecule has 1 saturated heterocycles. The van der Waals surface area contributed by atoms with Crippen LogP contribution in [0.5, 0.6) is 0 Å². The van der Waals surface area contributed by atoms with Gasteiger partial charge in [0.1, 0.15) is 0 Å². The average Bonchev–Trinajstić information content (AvgIpc) is 2.89. The number of aromatic nitrogens is 2. The van der Waals surface area contributed by atoms with Crippen LogP contribution in [-0.2, 0) is 0 Å². The van der Waals surface area contributed by atoms with Crippen molar-refractivity contribution < 1.29 is 4.52 Å². The van der Waals surface area contributed by atoms with Crippen molar-refractivity contribution >= 4 is 15.9 Å². The maximum Gasteiger partial charge on any atom is 0.231 e. The molecule has 100 valence electrons. The molecule has 0 unspecified atom stereocenters. The van der Waals surface area contributed by atoms with Crippen LogP contribution in [0.25, 0.3) is 11.4 Å². The third-order valence-corrected chi connectivity index (χ3v) is 4.01. The molecule has 2 heterocycles. The van der Waals surface area contributed by atoms with Crippen LogP contribution in [0.4, 0.5) is 0 Å². The van der Waals surface area contributed by atoms with Gasteiger partial charge < -0.3 is 9.84 Å². The molecule has 0 radical (unpaired) electrons. The molecule has 0 aliphatic carbocycles. The third-order valence-electron chi connectivity index (χ3n) is 3.52. The lowest BCUT2D eigenvalue weighted by Crippen LogP contribution is -2.28. The van der Waals surface area contributed by atoms with Gasteiger partial charge in [0.05, 0.1) is 5.92 Å². The fraction of sp³-hybridized carbons (Fsp3) is 0.429. The first-order chi connectivity index (χ1) is 9.24. The number of rotatable bonds is 2. The zero-order chi connectivity index (χ0) is 13.2. The van der Waals surface area contributed by atoms with Gasteiger partial charge in [-0.1, -0.05) is 21.1 Å². The van der Waals surface area contributed by atoms with Gasteiger partial charge in [0, 0.05) is 16.6 Å². The summed E-state index contributed by atoms with van der Waals surface area (Å²) in [6, 6.07) is 6.08. The van der Waals surface area contributed by atoms with E-state index in [1.54, 1.807) is 0 Å². The molecule has 0 amide bonds. The van der Waals surface area contributed by atoms with Gasteiger partial charge in [0.25, 0.3) is 0 Å². The number of nitrogens with zero attached hydrogens (tertiary/aromatic N) is 2. The monoisotopic (exact) mass is 321 g/mol. The molecule has 4 nitrogen and oxygen atoms in total. The molecule has 19 heavy (non-hydrogen) atoms. The second kappa shape index (κ2) is 5.43. The van der Waals surface area contributed by atoms with Crippen LogP contribution >= 0.6 is 15.9 Å². The molecule has 3 rings (SSSR count). The van der Waals surface area contributed by atoms with Crippen LogP contribution in [0.2, 0.25) is 0 Å². The second-order valence-corrected chi connectivity index (χ2v) is 5.87. The molecule has 1 aromatic carbocycles. The van der Waals surface area contributed by atoms with E-state index < -0.39 is 0 Å². The van der Waals surface area contributed by atoms with Crippen molar-refractivity contribution in [1.29, 1.82) is 0 Å². The van der Waals surface area contributed by atoms with Gasteiger partial charge >= 0.3 is 0 Å². The highest BCUT2D eigenvalue weighted by Crippen LogP contribution is 2.27. The van der Waals surface area contributed by atoms with E-state index >= 15 is 0 Å². The molecular weight excluding hydrogens is 306 g/mol. The Morgan fingerprint density at radius 1 is 1.42 bits per heavy atom. The molecule has 1 aliphatic heterocycles. The molecule has 0 bridgehead atoms. The zero-order valence-electron chi connectivity index (χ0n) is 10.8. The lowest BCUT2D eigenvalue weighted by atomic mass is 10.00. The van der Waals surface area contributed by atoms with Crippen molar-refractivity contribution in [2.75, 3.05) is 13.1 Å². The maximum absolute atomic E-state index is 5.43. The molecule has 1 fully saturated rings. The van der Waals surface area contributed by atoms with E-state index in [2.05, 4.69) is 44.4 Å². The predicted molar refractivity (Wildman–Crippen MR) is 77.0 cm³/mol. The molecule has 1 atom stereocenters. The fourth-order valence-corrected chi connectivity index (χ4v) is 2.93. The van der Waals surface area contributed by atoms with E-state index in [1.165, 1.54) is 6.42 Å². The number of hydrogen-bond acceptors (Lipinski definition) is 4. The predicted octanol–water partition coefficient (Wildman–Crippen LogP) is 3.27. The Bertz CT molecular complexity index is 576. The topological polar surface area (TPSA) is 51.0 Å². The summed E-state index contributed by atoms with van der Waals surface area (Å²) in [6.45, 7) is 4.07. The highest BCUT2D eigenvalue weighted by atomic mass is 79.9. The zero-order valence-corrected chi connectivity index (χ0v) is 12.4. The smallest absolute Gasteiger partial charge is 0.231 e. The molecule has 2 aromatic rings. The van der Waals surface area contributed by atoms with E-state index in [4.69, 9.17) is 4.52 Å². The SMILES string of the molecule is Cc1cc(Br)ccc1-c1noc([C@@H]2CCCNC2)n1. The van der Waals surface area contributed by atoms with Crippen LogP contribution < -0.4 is 5.32 Å². The third kappa shape index (κ3) is 2.72. The lowest BCUT2D eigenvalue weighted by Gasteiger charge is -2.18. The average molecular weight is 322 g/mol. The van der Waals surface area contributed by atoms with E-state index in [9.17, 15) is 0 Å². The van der Waals surface area contributed by atoms with E-state index in [-0.39, 0.29) is 0 Å². The van der Waals surface area contributed by atoms with Crippen LogP contribution in [0.3, 0.4) is 0 Å². The van der Waals surface area contributed by atoms with Gasteiger partial charge in [0.15, 0.2) is 0 Å². The number of aryl methyl sites for hydroxylation is 1. The number of nitrogens with one attached hydrogen (secondary N) is 1. The van der Waals surface area contributed by atoms with Crippen LogP contribution in [0.15, 0.2) is 27.2 Å². The normalized spacial score (nSPS) is 19.6. The summed E-state index contributed by atoms with van der Waals surface area (Å²) in [5.74, 6) is 1.79. The maximum atomic E-state index is 5.43. The summed E-state index contributed by atoms with van der Waals surface area (Å²) in [5.41, 5.74) is 2.17. The van der Waals surface area contributed by atoms with E-state index in [0.717, 1.165) is 41.0 Å². The first-order valence-electron chi connectivity index (χ1n) is 6.55. The minimum atomic E-state index is 0.353. The van der Waals surface area contributed by atoms with Crippen LogP contribution in [0, 0.1) is 6.92 Å². The Morgan fingerprint density at radius 2 is 2.32 bits per heavy atom. The van der Waals surface area contributed by atoms with E-state index in [0.29, 0.717) is 11.7 Å².